The van der Waals surface area contributed by atoms with Gasteiger partial charge in [0.05, 0.1) is 4.90 Å². The third-order valence-corrected chi connectivity index (χ3v) is 6.20. The molecule has 0 radical (unpaired) electrons. The van der Waals surface area contributed by atoms with Gasteiger partial charge in [-0.25, -0.2) is 13.1 Å². The molecule has 28 heavy (non-hydrogen) atoms. The molecule has 0 spiro atoms. The zero-order valence-corrected chi connectivity index (χ0v) is 17.0. The van der Waals surface area contributed by atoms with Gasteiger partial charge < -0.3 is 9.64 Å². The zero-order chi connectivity index (χ0) is 20.1. The van der Waals surface area contributed by atoms with E-state index in [2.05, 4.69) is 18.6 Å². The van der Waals surface area contributed by atoms with Crippen molar-refractivity contribution in [2.45, 2.75) is 37.5 Å². The fourth-order valence-electron chi connectivity index (χ4n) is 3.24. The van der Waals surface area contributed by atoms with Gasteiger partial charge in [0.2, 0.25) is 15.9 Å². The number of hydrogen-bond acceptors (Lipinski definition) is 4. The third kappa shape index (κ3) is 4.72. The van der Waals surface area contributed by atoms with Crippen LogP contribution in [0.25, 0.3) is 0 Å². The number of sulfonamides is 1. The maximum Gasteiger partial charge on any atom is 0.240 e. The van der Waals surface area contributed by atoms with Gasteiger partial charge in [-0.3, -0.25) is 4.79 Å². The average molecular weight is 403 g/mol. The molecule has 3 rings (SSSR count). The lowest BCUT2D eigenvalue weighted by atomic mass is 10.0. The molecule has 0 aromatic heterocycles. The van der Waals surface area contributed by atoms with Crippen molar-refractivity contribution in [3.63, 3.8) is 0 Å². The lowest BCUT2D eigenvalue weighted by Crippen LogP contribution is -2.28. The normalized spacial score (nSPS) is 14.7. The summed E-state index contributed by atoms with van der Waals surface area (Å²) in [6, 6.07) is 14.2. The molecule has 2 aromatic carbocycles. The van der Waals surface area contributed by atoms with E-state index in [1.54, 1.807) is 17.0 Å². The van der Waals surface area contributed by atoms with Gasteiger partial charge >= 0.3 is 0 Å². The Hall–Kier alpha value is -2.38. The maximum absolute atomic E-state index is 12.5. The summed E-state index contributed by atoms with van der Waals surface area (Å²) in [7, 11) is -3.63. The fraction of sp³-hybridized carbons (Fsp3) is 0.381. The van der Waals surface area contributed by atoms with Gasteiger partial charge in [-0.05, 0) is 48.2 Å². The molecule has 0 unspecified atom stereocenters. The van der Waals surface area contributed by atoms with E-state index in [0.717, 1.165) is 23.4 Å². The van der Waals surface area contributed by atoms with Crippen LogP contribution in [0.1, 0.15) is 38.2 Å². The van der Waals surface area contributed by atoms with Crippen molar-refractivity contribution < 1.29 is 17.9 Å². The number of nitrogens with one attached hydrogen (secondary N) is 1. The maximum atomic E-state index is 12.5. The van der Waals surface area contributed by atoms with E-state index >= 15 is 0 Å². The molecule has 1 saturated heterocycles. The minimum atomic E-state index is -3.63. The van der Waals surface area contributed by atoms with Crippen LogP contribution in [0.3, 0.4) is 0 Å². The van der Waals surface area contributed by atoms with Crippen LogP contribution >= 0.6 is 0 Å². The summed E-state index contributed by atoms with van der Waals surface area (Å²) < 4.78 is 33.3. The van der Waals surface area contributed by atoms with Crippen molar-refractivity contribution >= 4 is 21.6 Å². The number of amides is 1. The molecular formula is C21H26N2O4S. The predicted molar refractivity (Wildman–Crippen MR) is 109 cm³/mol. The van der Waals surface area contributed by atoms with E-state index in [1.165, 1.54) is 12.1 Å². The van der Waals surface area contributed by atoms with Gasteiger partial charge in [0, 0.05) is 25.2 Å². The average Bonchev–Trinajstić information content (AvgIpc) is 3.11. The molecule has 6 nitrogen and oxygen atoms in total. The highest BCUT2D eigenvalue weighted by molar-refractivity contribution is 7.89. The largest absolute Gasteiger partial charge is 0.492 e. The van der Waals surface area contributed by atoms with Crippen molar-refractivity contribution in [3.8, 4) is 5.75 Å². The van der Waals surface area contributed by atoms with Crippen LogP contribution in [0.4, 0.5) is 5.69 Å². The van der Waals surface area contributed by atoms with Gasteiger partial charge in [-0.2, -0.15) is 0 Å². The van der Waals surface area contributed by atoms with Gasteiger partial charge in [0.1, 0.15) is 12.4 Å². The second-order valence-corrected chi connectivity index (χ2v) is 8.85. The topological polar surface area (TPSA) is 75.7 Å². The summed E-state index contributed by atoms with van der Waals surface area (Å²) in [5.74, 6) is 1.18. The predicted octanol–water partition coefficient (Wildman–Crippen LogP) is 3.29. The Morgan fingerprint density at radius 1 is 1.11 bits per heavy atom. The van der Waals surface area contributed by atoms with E-state index < -0.39 is 10.0 Å². The molecule has 0 atom stereocenters. The number of rotatable bonds is 8. The Kier molecular flexibility index (Phi) is 6.36. The van der Waals surface area contributed by atoms with Gasteiger partial charge in [-0.1, -0.05) is 32.0 Å². The van der Waals surface area contributed by atoms with E-state index in [1.807, 2.05) is 24.3 Å². The second-order valence-electron chi connectivity index (χ2n) is 7.08. The smallest absolute Gasteiger partial charge is 0.240 e. The fourth-order valence-corrected chi connectivity index (χ4v) is 4.25. The summed E-state index contributed by atoms with van der Waals surface area (Å²) in [6.07, 6.45) is 1.38. The molecule has 0 saturated carbocycles. The zero-order valence-electron chi connectivity index (χ0n) is 16.2. The highest BCUT2D eigenvalue weighted by Crippen LogP contribution is 2.26. The molecule has 150 valence electrons. The molecule has 1 aliphatic rings. The first-order valence-corrected chi connectivity index (χ1v) is 11.0. The first-order chi connectivity index (χ1) is 13.4. The summed E-state index contributed by atoms with van der Waals surface area (Å²) in [5.41, 5.74) is 1.83. The van der Waals surface area contributed by atoms with Gasteiger partial charge in [-0.15, -0.1) is 0 Å². The van der Waals surface area contributed by atoms with E-state index in [9.17, 15) is 13.2 Å². The monoisotopic (exact) mass is 402 g/mol. The molecule has 1 amide bonds. The molecule has 0 bridgehead atoms. The Bertz CT molecular complexity index is 924. The minimum absolute atomic E-state index is 0.0764. The van der Waals surface area contributed by atoms with Crippen molar-refractivity contribution in [2.75, 3.05) is 24.6 Å². The molecule has 7 heteroatoms. The summed E-state index contributed by atoms with van der Waals surface area (Å²) in [5, 5.41) is 0. The highest BCUT2D eigenvalue weighted by Gasteiger charge is 2.22. The van der Waals surface area contributed by atoms with Crippen LogP contribution in [0.2, 0.25) is 0 Å². The molecule has 0 aliphatic carbocycles. The van der Waals surface area contributed by atoms with Gasteiger partial charge in [0.15, 0.2) is 0 Å². The van der Waals surface area contributed by atoms with Crippen LogP contribution < -0.4 is 14.4 Å². The molecule has 1 heterocycles. The van der Waals surface area contributed by atoms with E-state index in [4.69, 9.17) is 4.74 Å². The minimum Gasteiger partial charge on any atom is -0.492 e. The van der Waals surface area contributed by atoms with Crippen LogP contribution in [0.5, 0.6) is 5.75 Å². The Labute approximate surface area is 166 Å². The Balaban J connectivity index is 1.56. The Morgan fingerprint density at radius 2 is 1.82 bits per heavy atom. The number of nitrogens with zero attached hydrogens (tertiary/aromatic N) is 1. The summed E-state index contributed by atoms with van der Waals surface area (Å²) in [4.78, 5) is 13.7. The standard InChI is InChI=1S/C21H26N2O4S/c1-16(2)19-6-3-4-7-20(19)27-15-13-22-28(25,26)18-11-9-17(10-12-18)23-14-5-8-21(23)24/h3-4,6-7,9-12,16,22H,5,8,13-15H2,1-2H3. The SMILES string of the molecule is CC(C)c1ccccc1OCCNS(=O)(=O)c1ccc(N2CCCC2=O)cc1. The molecule has 1 N–H and O–H groups in total. The number of hydrogen-bond donors (Lipinski definition) is 1. The lowest BCUT2D eigenvalue weighted by molar-refractivity contribution is -0.117. The summed E-state index contributed by atoms with van der Waals surface area (Å²) in [6.45, 7) is 5.26. The van der Waals surface area contributed by atoms with E-state index in [0.29, 0.717) is 18.9 Å². The van der Waals surface area contributed by atoms with Crippen molar-refractivity contribution in [1.29, 1.82) is 0 Å². The molecule has 1 fully saturated rings. The van der Waals surface area contributed by atoms with Crippen LogP contribution in [0, 0.1) is 0 Å². The highest BCUT2D eigenvalue weighted by atomic mass is 32.2. The quantitative estimate of drug-likeness (QED) is 0.688. The van der Waals surface area contributed by atoms with Gasteiger partial charge in [0.25, 0.3) is 0 Å². The molecular weight excluding hydrogens is 376 g/mol. The summed E-state index contributed by atoms with van der Waals surface area (Å²) >= 11 is 0. The van der Waals surface area contributed by atoms with Crippen molar-refractivity contribution in [2.24, 2.45) is 0 Å². The first-order valence-electron chi connectivity index (χ1n) is 9.50. The number of ether oxygens (including phenoxy) is 1. The Morgan fingerprint density at radius 3 is 2.46 bits per heavy atom. The van der Waals surface area contributed by atoms with Crippen molar-refractivity contribution in [3.05, 3.63) is 54.1 Å². The van der Waals surface area contributed by atoms with Crippen molar-refractivity contribution in [1.82, 2.24) is 4.72 Å². The number of benzene rings is 2. The number of carbonyl (C=O) groups excluding carboxylic acids is 1. The van der Waals surface area contributed by atoms with Crippen LogP contribution in [0.15, 0.2) is 53.4 Å². The molecule has 2 aromatic rings. The van der Waals surface area contributed by atoms with Crippen LogP contribution in [-0.2, 0) is 14.8 Å². The number of anilines is 1. The number of para-hydroxylation sites is 1. The third-order valence-electron chi connectivity index (χ3n) is 4.72. The van der Waals surface area contributed by atoms with E-state index in [-0.39, 0.29) is 24.0 Å². The lowest BCUT2D eigenvalue weighted by Gasteiger charge is -2.16. The second kappa shape index (κ2) is 8.75. The molecule has 1 aliphatic heterocycles. The first kappa shape index (κ1) is 20.4. The van der Waals surface area contributed by atoms with Crippen LogP contribution in [-0.4, -0.2) is 34.0 Å². The number of carbonyl (C=O) groups is 1.